The number of nitrogens with one attached hydrogen (secondary N) is 6. The number of esters is 1. The van der Waals surface area contributed by atoms with E-state index in [1.165, 1.54) is 44.4 Å². The Bertz CT molecular complexity index is 2790. The van der Waals surface area contributed by atoms with Gasteiger partial charge in [0.25, 0.3) is 0 Å². The van der Waals surface area contributed by atoms with Gasteiger partial charge in [-0.05, 0) is 117 Å². The average Bonchev–Trinajstić information content (AvgIpc) is 1.90. The number of rotatable bonds is 23. The number of urea groups is 1. The number of hydrogen-bond acceptors (Lipinski definition) is 16. The van der Waals surface area contributed by atoms with Gasteiger partial charge in [0, 0.05) is 54.1 Å². The number of alkyl halides is 1. The third kappa shape index (κ3) is 18.7. The minimum absolute atomic E-state index is 0.0638. The number of aldehydes is 1. The monoisotopic (exact) mass is 1310 g/mol. The Morgan fingerprint density at radius 2 is 1.78 bits per heavy atom. The highest BCUT2D eigenvalue weighted by molar-refractivity contribution is 9.10. The van der Waals surface area contributed by atoms with Gasteiger partial charge in [0.05, 0.1) is 49.2 Å². The van der Waals surface area contributed by atoms with Crippen molar-refractivity contribution in [1.82, 2.24) is 21.3 Å². The Labute approximate surface area is 505 Å². The minimum atomic E-state index is -1.90. The molecule has 0 saturated carbocycles. The zero-order valence-electron chi connectivity index (χ0n) is 48.1. The molecule has 9 N–H and O–H groups in total. The molecule has 2 unspecified atom stereocenters. The van der Waals surface area contributed by atoms with Crippen LogP contribution in [0.3, 0.4) is 0 Å². The van der Waals surface area contributed by atoms with Gasteiger partial charge in [-0.15, -0.1) is 0 Å². The standard InChI is InChI=1S/C57H77Br2ClN8O15/c1-30(2)48(63-37(29-69)16-12-15-33(5)80-52(73)32(4)28-58)51(72)65-40(17-13-21-62-53(61)74)50(71)64-36-19-20-39(38(59)25-36)66-54(75)82-45-26-46(70)68(8)41-23-35(24-42(78-9)47(41)60)22-31(3)14-11-18-44(79-10)57(77)27-43(81-55(76)67-57)34(6)49-56(45,7)83-49/h11,14,18-20,23-25,29-30,33-34,37,40,43-45,48-49,63,77H,4,12-13,15-17,21-22,26-28H2,1-3,5-10H3,(H,64,71)(H,65,72)(H,66,75)(H,67,76)(H3,61,62,74)/b18-11+,31-14+/t33?,34-,37?,40+,43+,44-,45+,48+,49+,56+,57+/m1/s1. The van der Waals surface area contributed by atoms with E-state index in [0.717, 1.165) is 11.1 Å². The van der Waals surface area contributed by atoms with E-state index in [2.05, 4.69) is 70.3 Å². The molecule has 0 aromatic heterocycles. The van der Waals surface area contributed by atoms with Crippen molar-refractivity contribution in [2.45, 2.75) is 153 Å². The SMILES string of the molecule is C=C(CBr)C(=O)OC(C)CCCC(C=O)N[C@H](C(=O)N[C@@H](CCCNC(N)=O)C(=O)Nc1ccc(NC(=O)O[C@H]2CC(=O)N(C)c3cc(cc(OC)c3Cl)C/C(C)=C/C=C/[C@@H](OC)[C@@]3(O)C[C@H](OC(=O)N3)[C@@H](C)[C@@H]3O[C@@]23C)c(Br)c1)C(C)C. The van der Waals surface area contributed by atoms with Crippen LogP contribution in [0.4, 0.5) is 31.4 Å². The minimum Gasteiger partial charge on any atom is -0.495 e. The van der Waals surface area contributed by atoms with E-state index in [1.807, 2.05) is 13.0 Å². The van der Waals surface area contributed by atoms with Crippen LogP contribution in [0.1, 0.15) is 92.1 Å². The lowest BCUT2D eigenvalue weighted by molar-refractivity contribution is -0.144. The predicted molar refractivity (Wildman–Crippen MR) is 318 cm³/mol. The summed E-state index contributed by atoms with van der Waals surface area (Å²) in [6, 6.07) is 4.42. The first-order valence-electron chi connectivity index (χ1n) is 27.1. The molecule has 456 valence electrons. The number of halogens is 3. The largest absolute Gasteiger partial charge is 0.495 e. The van der Waals surface area contributed by atoms with E-state index < -0.39 is 114 Å². The number of nitrogens with zero attached hydrogens (tertiary/aromatic N) is 1. The first-order valence-corrected chi connectivity index (χ1v) is 29.4. The van der Waals surface area contributed by atoms with E-state index in [4.69, 9.17) is 45.8 Å². The van der Waals surface area contributed by atoms with Gasteiger partial charge >= 0.3 is 24.2 Å². The first kappa shape index (κ1) is 67.7. The molecule has 0 radical (unpaired) electrons. The third-order valence-electron chi connectivity index (χ3n) is 14.7. The number of carbonyl (C=O) groups excluding carboxylic acids is 8. The van der Waals surface area contributed by atoms with Crippen LogP contribution in [0.25, 0.3) is 0 Å². The maximum absolute atomic E-state index is 14.4. The molecule has 2 fully saturated rings. The van der Waals surface area contributed by atoms with Gasteiger partial charge in [-0.2, -0.15) is 0 Å². The highest BCUT2D eigenvalue weighted by Gasteiger charge is 2.64. The van der Waals surface area contributed by atoms with Gasteiger partial charge in [-0.3, -0.25) is 30.3 Å². The van der Waals surface area contributed by atoms with Gasteiger partial charge in [0.15, 0.2) is 5.72 Å². The number of allylic oxidation sites excluding steroid dienone is 3. The Morgan fingerprint density at radius 1 is 1.06 bits per heavy atom. The molecular weight excluding hydrogens is 1230 g/mol. The number of epoxide rings is 1. The van der Waals surface area contributed by atoms with E-state index in [1.54, 1.807) is 58.9 Å². The molecule has 2 aromatic rings. The molecule has 83 heavy (non-hydrogen) atoms. The number of ether oxygens (including phenoxy) is 6. The van der Waals surface area contributed by atoms with Crippen molar-refractivity contribution in [2.24, 2.45) is 17.6 Å². The maximum Gasteiger partial charge on any atom is 0.412 e. The number of amides is 7. The van der Waals surface area contributed by atoms with E-state index >= 15 is 0 Å². The van der Waals surface area contributed by atoms with Crippen molar-refractivity contribution >= 4 is 109 Å². The number of primary amides is 1. The highest BCUT2D eigenvalue weighted by atomic mass is 79.9. The molecule has 2 aromatic carbocycles. The van der Waals surface area contributed by atoms with Crippen LogP contribution in [0, 0.1) is 11.8 Å². The predicted octanol–water partition coefficient (Wildman–Crippen LogP) is 7.24. The van der Waals surface area contributed by atoms with Crippen LogP contribution < -0.4 is 47.3 Å². The molecule has 5 rings (SSSR count). The number of alkyl carbamates (subject to hydrolysis) is 1. The molecular formula is C57H77Br2ClN8O15. The van der Waals surface area contributed by atoms with Crippen molar-refractivity contribution < 1.29 is 71.9 Å². The summed E-state index contributed by atoms with van der Waals surface area (Å²) in [5.74, 6) is -2.86. The van der Waals surface area contributed by atoms with Crippen LogP contribution >= 0.6 is 43.5 Å². The summed E-state index contributed by atoms with van der Waals surface area (Å²) in [6.07, 6.45) is 0.997. The molecule has 0 spiro atoms. The van der Waals surface area contributed by atoms with Gasteiger partial charge in [0.2, 0.25) is 17.7 Å². The zero-order valence-corrected chi connectivity index (χ0v) is 52.0. The average molecular weight is 1310 g/mol. The molecule has 3 heterocycles. The lowest BCUT2D eigenvalue weighted by atomic mass is 9.83. The lowest BCUT2D eigenvalue weighted by Gasteiger charge is -2.42. The Hall–Kier alpha value is -6.09. The smallest absolute Gasteiger partial charge is 0.412 e. The van der Waals surface area contributed by atoms with E-state index in [-0.39, 0.29) is 63.5 Å². The number of methoxy groups -OCH3 is 2. The van der Waals surface area contributed by atoms with E-state index in [0.29, 0.717) is 43.4 Å². The molecule has 26 heteroatoms. The summed E-state index contributed by atoms with van der Waals surface area (Å²) in [6.45, 7) is 14.4. The van der Waals surface area contributed by atoms with Crippen molar-refractivity contribution in [2.75, 3.05) is 48.7 Å². The zero-order chi connectivity index (χ0) is 61.5. The molecule has 3 aliphatic rings. The van der Waals surface area contributed by atoms with Gasteiger partial charge in [-0.25, -0.2) is 19.2 Å². The second-order valence-electron chi connectivity index (χ2n) is 21.5. The molecule has 0 aliphatic carbocycles. The Balaban J connectivity index is 1.34. The molecule has 23 nitrogen and oxygen atoms in total. The van der Waals surface area contributed by atoms with Crippen LogP contribution in [-0.4, -0.2) is 146 Å². The van der Waals surface area contributed by atoms with Crippen LogP contribution in [0.5, 0.6) is 5.75 Å². The van der Waals surface area contributed by atoms with Gasteiger partial charge in [-0.1, -0.05) is 78.7 Å². The molecule has 4 bridgehead atoms. The maximum atomic E-state index is 14.4. The molecule has 3 aliphatic heterocycles. The first-order chi connectivity index (χ1) is 39.2. The second kappa shape index (κ2) is 30.6. The van der Waals surface area contributed by atoms with Crippen molar-refractivity contribution in [3.05, 3.63) is 81.3 Å². The fraction of sp³-hybridized carbons (Fsp3) is 0.544. The number of benzene rings is 2. The van der Waals surface area contributed by atoms with Crippen molar-refractivity contribution in [1.29, 1.82) is 0 Å². The quantitative estimate of drug-likeness (QED) is 0.0103. The van der Waals surface area contributed by atoms with Gasteiger partial charge < -0.3 is 64.9 Å². The summed E-state index contributed by atoms with van der Waals surface area (Å²) in [4.78, 5) is 107. The number of nitrogens with two attached hydrogens (primary N) is 1. The fourth-order valence-corrected chi connectivity index (χ4v) is 10.9. The normalized spacial score (nSPS) is 25.0. The number of fused-ring (bicyclic) bond motifs is 5. The summed E-state index contributed by atoms with van der Waals surface area (Å²) >= 11 is 13.5. The molecule has 2 saturated heterocycles. The Morgan fingerprint density at radius 3 is 2.42 bits per heavy atom. The summed E-state index contributed by atoms with van der Waals surface area (Å²) in [5, 5.41) is 28.7. The number of carbonyl (C=O) groups is 8. The summed E-state index contributed by atoms with van der Waals surface area (Å²) in [5.41, 5.74) is 4.70. The van der Waals surface area contributed by atoms with Crippen LogP contribution in [0.2, 0.25) is 5.02 Å². The lowest BCUT2D eigenvalue weighted by Crippen LogP contribution is -2.63. The Kier molecular flexibility index (Phi) is 25.0. The van der Waals surface area contributed by atoms with Crippen LogP contribution in [-0.2, 0) is 54.1 Å². The van der Waals surface area contributed by atoms with E-state index in [9.17, 15) is 43.5 Å². The summed E-state index contributed by atoms with van der Waals surface area (Å²) < 4.78 is 35.1. The fourth-order valence-electron chi connectivity index (χ4n) is 9.84. The number of aliphatic hydroxyl groups is 1. The highest BCUT2D eigenvalue weighted by Crippen LogP contribution is 2.49. The molecule has 7 amide bonds. The van der Waals surface area contributed by atoms with Gasteiger partial charge in [0.1, 0.15) is 47.0 Å². The number of anilines is 3. The van der Waals surface area contributed by atoms with Crippen molar-refractivity contribution in [3.8, 4) is 5.75 Å². The van der Waals surface area contributed by atoms with Crippen molar-refractivity contribution in [3.63, 3.8) is 0 Å². The van der Waals surface area contributed by atoms with Crippen LogP contribution in [0.15, 0.2) is 70.8 Å². The third-order valence-corrected chi connectivity index (χ3v) is 16.4. The second-order valence-corrected chi connectivity index (χ2v) is 23.3. The number of hydrogen-bond donors (Lipinski definition) is 8. The summed E-state index contributed by atoms with van der Waals surface area (Å²) in [7, 11) is 4.40. The molecule has 11 atom stereocenters. The topological polar surface area (TPSA) is 317 Å².